The lowest BCUT2D eigenvalue weighted by atomic mass is 10.1. The third kappa shape index (κ3) is 7.31. The van der Waals surface area contributed by atoms with Gasteiger partial charge >= 0.3 is 0 Å². The van der Waals surface area contributed by atoms with E-state index in [9.17, 15) is 8.42 Å². The van der Waals surface area contributed by atoms with Gasteiger partial charge in [0, 0.05) is 12.3 Å². The Kier molecular flexibility index (Phi) is 8.99. The van der Waals surface area contributed by atoms with Gasteiger partial charge in [0.25, 0.3) is 0 Å². The summed E-state index contributed by atoms with van der Waals surface area (Å²) in [7, 11) is -3.36. The standard InChI is InChI=1S/C15H26N2O2S2/c1-3-10-16-11-4-5-14-6-8-15(9-7-14)21(18,19)17-12-13-20-2/h6-9,16-17H,3-5,10-13H2,1-2H3. The van der Waals surface area contributed by atoms with Gasteiger partial charge in [0.1, 0.15) is 0 Å². The van der Waals surface area contributed by atoms with Crippen LogP contribution in [0.1, 0.15) is 25.3 Å². The summed E-state index contributed by atoms with van der Waals surface area (Å²) in [6.07, 6.45) is 5.14. The van der Waals surface area contributed by atoms with E-state index in [0.29, 0.717) is 11.4 Å². The molecule has 0 bridgehead atoms. The number of thioether (sulfide) groups is 1. The van der Waals surface area contributed by atoms with E-state index >= 15 is 0 Å². The Labute approximate surface area is 133 Å². The highest BCUT2D eigenvalue weighted by molar-refractivity contribution is 7.98. The van der Waals surface area contributed by atoms with Crippen molar-refractivity contribution in [2.24, 2.45) is 0 Å². The SMILES string of the molecule is CCCNCCCc1ccc(S(=O)(=O)NCCSC)cc1. The van der Waals surface area contributed by atoms with Crippen molar-refractivity contribution in [3.05, 3.63) is 29.8 Å². The molecular formula is C15H26N2O2S2. The number of rotatable bonds is 11. The number of hydrogen-bond donors (Lipinski definition) is 2. The first-order valence-electron chi connectivity index (χ1n) is 7.38. The minimum absolute atomic E-state index is 0.344. The topological polar surface area (TPSA) is 58.2 Å². The lowest BCUT2D eigenvalue weighted by Gasteiger charge is -2.07. The zero-order valence-electron chi connectivity index (χ0n) is 12.9. The van der Waals surface area contributed by atoms with E-state index in [4.69, 9.17) is 0 Å². The monoisotopic (exact) mass is 330 g/mol. The van der Waals surface area contributed by atoms with Gasteiger partial charge in [0.05, 0.1) is 4.90 Å². The molecule has 6 heteroatoms. The van der Waals surface area contributed by atoms with E-state index in [2.05, 4.69) is 17.0 Å². The van der Waals surface area contributed by atoms with Crippen LogP contribution in [0.15, 0.2) is 29.2 Å². The maximum atomic E-state index is 12.0. The Bertz CT molecular complexity index is 487. The Hall–Kier alpha value is -0.560. The molecule has 0 spiro atoms. The highest BCUT2D eigenvalue weighted by Gasteiger charge is 2.12. The van der Waals surface area contributed by atoms with Crippen LogP contribution in [0, 0.1) is 0 Å². The van der Waals surface area contributed by atoms with Crippen LogP contribution in [0.2, 0.25) is 0 Å². The van der Waals surface area contributed by atoms with Gasteiger partial charge < -0.3 is 5.32 Å². The number of aryl methyl sites for hydroxylation is 1. The number of hydrogen-bond acceptors (Lipinski definition) is 4. The Morgan fingerprint density at radius 1 is 1.10 bits per heavy atom. The molecular weight excluding hydrogens is 304 g/mol. The molecule has 0 amide bonds. The van der Waals surface area contributed by atoms with Crippen LogP contribution in [0.25, 0.3) is 0 Å². The van der Waals surface area contributed by atoms with Crippen molar-refractivity contribution >= 4 is 21.8 Å². The third-order valence-electron chi connectivity index (χ3n) is 3.08. The van der Waals surface area contributed by atoms with Crippen molar-refractivity contribution in [2.45, 2.75) is 31.1 Å². The largest absolute Gasteiger partial charge is 0.317 e. The molecule has 0 heterocycles. The van der Waals surface area contributed by atoms with E-state index in [1.54, 1.807) is 23.9 Å². The minimum Gasteiger partial charge on any atom is -0.317 e. The lowest BCUT2D eigenvalue weighted by molar-refractivity contribution is 0.584. The normalized spacial score (nSPS) is 11.7. The van der Waals surface area contributed by atoms with Crippen LogP contribution in [0.4, 0.5) is 0 Å². The quantitative estimate of drug-likeness (QED) is 0.611. The fraction of sp³-hybridized carbons (Fsp3) is 0.600. The van der Waals surface area contributed by atoms with E-state index in [1.807, 2.05) is 18.4 Å². The smallest absolute Gasteiger partial charge is 0.240 e. The molecule has 0 radical (unpaired) electrons. The molecule has 1 aromatic carbocycles. The highest BCUT2D eigenvalue weighted by atomic mass is 32.2. The van der Waals surface area contributed by atoms with Crippen molar-refractivity contribution in [1.29, 1.82) is 0 Å². The summed E-state index contributed by atoms with van der Waals surface area (Å²) < 4.78 is 26.6. The zero-order chi connectivity index (χ0) is 15.6. The van der Waals surface area contributed by atoms with Gasteiger partial charge in [-0.15, -0.1) is 0 Å². The number of sulfonamides is 1. The van der Waals surface area contributed by atoms with Gasteiger partial charge in [-0.2, -0.15) is 11.8 Å². The number of benzene rings is 1. The molecule has 2 N–H and O–H groups in total. The summed E-state index contributed by atoms with van der Waals surface area (Å²) in [6.45, 7) is 4.68. The van der Waals surface area contributed by atoms with Crippen LogP contribution in [0.3, 0.4) is 0 Å². The summed E-state index contributed by atoms with van der Waals surface area (Å²) >= 11 is 1.62. The van der Waals surface area contributed by atoms with Gasteiger partial charge in [0.15, 0.2) is 0 Å². The molecule has 0 aliphatic rings. The van der Waals surface area contributed by atoms with E-state index in [1.165, 1.54) is 5.56 Å². The van der Waals surface area contributed by atoms with Crippen molar-refractivity contribution < 1.29 is 8.42 Å². The summed E-state index contributed by atoms with van der Waals surface area (Å²) in [6, 6.07) is 7.19. The summed E-state index contributed by atoms with van der Waals surface area (Å²) in [5, 5.41) is 3.36. The average Bonchev–Trinajstić information content (AvgIpc) is 2.48. The maximum Gasteiger partial charge on any atom is 0.240 e. The lowest BCUT2D eigenvalue weighted by Crippen LogP contribution is -2.25. The van der Waals surface area contributed by atoms with E-state index in [-0.39, 0.29) is 0 Å². The first-order chi connectivity index (χ1) is 10.1. The molecule has 1 rings (SSSR count). The van der Waals surface area contributed by atoms with Crippen molar-refractivity contribution in [1.82, 2.24) is 10.0 Å². The van der Waals surface area contributed by atoms with E-state index < -0.39 is 10.0 Å². The first kappa shape index (κ1) is 18.5. The molecule has 0 aliphatic heterocycles. The third-order valence-corrected chi connectivity index (χ3v) is 5.17. The molecule has 4 nitrogen and oxygen atoms in total. The molecule has 1 aromatic rings. The number of nitrogens with one attached hydrogen (secondary N) is 2. The van der Waals surface area contributed by atoms with Gasteiger partial charge in [-0.3, -0.25) is 0 Å². The van der Waals surface area contributed by atoms with Crippen LogP contribution >= 0.6 is 11.8 Å². The second-order valence-electron chi connectivity index (χ2n) is 4.89. The fourth-order valence-corrected chi connectivity index (χ4v) is 3.38. The Morgan fingerprint density at radius 2 is 1.81 bits per heavy atom. The molecule has 0 aromatic heterocycles. The van der Waals surface area contributed by atoms with Gasteiger partial charge in [-0.25, -0.2) is 13.1 Å². The summed E-state index contributed by atoms with van der Waals surface area (Å²) in [4.78, 5) is 0.344. The second-order valence-corrected chi connectivity index (χ2v) is 7.64. The average molecular weight is 331 g/mol. The van der Waals surface area contributed by atoms with Crippen LogP contribution in [0.5, 0.6) is 0 Å². The molecule has 0 saturated heterocycles. The van der Waals surface area contributed by atoms with Crippen molar-refractivity contribution in [3.63, 3.8) is 0 Å². The Balaban J connectivity index is 2.45. The van der Waals surface area contributed by atoms with Crippen LogP contribution < -0.4 is 10.0 Å². The zero-order valence-corrected chi connectivity index (χ0v) is 14.5. The molecule has 120 valence electrons. The van der Waals surface area contributed by atoms with E-state index in [0.717, 1.165) is 38.1 Å². The Morgan fingerprint density at radius 3 is 2.43 bits per heavy atom. The van der Waals surface area contributed by atoms with Gasteiger partial charge in [-0.1, -0.05) is 19.1 Å². The molecule has 0 atom stereocenters. The van der Waals surface area contributed by atoms with Gasteiger partial charge in [0.2, 0.25) is 10.0 Å². The molecule has 21 heavy (non-hydrogen) atoms. The van der Waals surface area contributed by atoms with Gasteiger partial charge in [-0.05, 0) is 56.3 Å². The molecule has 0 saturated carbocycles. The predicted octanol–water partition coefficient (Wildman–Crippen LogP) is 2.26. The molecule has 0 aliphatic carbocycles. The fourth-order valence-electron chi connectivity index (χ4n) is 1.92. The predicted molar refractivity (Wildman–Crippen MR) is 91.5 cm³/mol. The molecule has 0 fully saturated rings. The first-order valence-corrected chi connectivity index (χ1v) is 10.3. The van der Waals surface area contributed by atoms with Crippen molar-refractivity contribution in [3.8, 4) is 0 Å². The summed E-state index contributed by atoms with van der Waals surface area (Å²) in [5.41, 5.74) is 1.18. The van der Waals surface area contributed by atoms with Crippen molar-refractivity contribution in [2.75, 3.05) is 31.6 Å². The maximum absolute atomic E-state index is 12.0. The molecule has 0 unspecified atom stereocenters. The van der Waals surface area contributed by atoms with Crippen LogP contribution in [-0.2, 0) is 16.4 Å². The summed E-state index contributed by atoms with van der Waals surface area (Å²) in [5.74, 6) is 0.780. The van der Waals surface area contributed by atoms with Crippen LogP contribution in [-0.4, -0.2) is 40.1 Å². The minimum atomic E-state index is -3.36. The second kappa shape index (κ2) is 10.2. The highest BCUT2D eigenvalue weighted by Crippen LogP contribution is 2.11.